The van der Waals surface area contributed by atoms with E-state index in [1.54, 1.807) is 0 Å². The SMILES string of the molecule is CC(C)Sc1ccc(C(F)(F)C(=O)O)cc1Cl. The van der Waals surface area contributed by atoms with Crippen molar-refractivity contribution in [1.82, 2.24) is 0 Å². The number of alkyl halides is 2. The van der Waals surface area contributed by atoms with Gasteiger partial charge in [-0.2, -0.15) is 8.78 Å². The smallest absolute Gasteiger partial charge is 0.379 e. The Bertz CT molecular complexity index is 435. The van der Waals surface area contributed by atoms with Crippen LogP contribution in [0.4, 0.5) is 8.78 Å². The summed E-state index contributed by atoms with van der Waals surface area (Å²) in [6.45, 7) is 3.89. The molecule has 0 aliphatic heterocycles. The maximum Gasteiger partial charge on any atom is 0.379 e. The van der Waals surface area contributed by atoms with E-state index >= 15 is 0 Å². The predicted octanol–water partition coefficient (Wildman–Crippen LogP) is 4.02. The number of carbonyl (C=O) groups is 1. The highest BCUT2D eigenvalue weighted by Crippen LogP contribution is 2.35. The predicted molar refractivity (Wildman–Crippen MR) is 64.0 cm³/mol. The molecule has 0 amide bonds. The van der Waals surface area contributed by atoms with Gasteiger partial charge in [-0.3, -0.25) is 0 Å². The summed E-state index contributed by atoms with van der Waals surface area (Å²) in [4.78, 5) is 11.1. The molecule has 2 nitrogen and oxygen atoms in total. The van der Waals surface area contributed by atoms with E-state index in [0.717, 1.165) is 12.1 Å². The maximum absolute atomic E-state index is 13.2. The highest BCUT2D eigenvalue weighted by molar-refractivity contribution is 8.00. The van der Waals surface area contributed by atoms with Gasteiger partial charge in [0.15, 0.2) is 0 Å². The van der Waals surface area contributed by atoms with Crippen molar-refractivity contribution in [3.63, 3.8) is 0 Å². The van der Waals surface area contributed by atoms with Crippen LogP contribution >= 0.6 is 23.4 Å². The van der Waals surface area contributed by atoms with Gasteiger partial charge in [0.25, 0.3) is 0 Å². The van der Waals surface area contributed by atoms with Crippen LogP contribution in [0.15, 0.2) is 23.1 Å². The van der Waals surface area contributed by atoms with Crippen LogP contribution < -0.4 is 0 Å². The Hall–Kier alpha value is -0.810. The lowest BCUT2D eigenvalue weighted by Crippen LogP contribution is -2.25. The first kappa shape index (κ1) is 14.3. The van der Waals surface area contributed by atoms with Gasteiger partial charge in [0.05, 0.1) is 5.02 Å². The average molecular weight is 281 g/mol. The van der Waals surface area contributed by atoms with Gasteiger partial charge < -0.3 is 5.11 Å². The Morgan fingerprint density at radius 3 is 2.47 bits per heavy atom. The molecule has 0 aliphatic carbocycles. The first-order valence-electron chi connectivity index (χ1n) is 4.83. The molecule has 0 aliphatic rings. The molecule has 0 spiro atoms. The van der Waals surface area contributed by atoms with Crippen molar-refractivity contribution >= 4 is 29.3 Å². The molecule has 0 saturated carbocycles. The Morgan fingerprint density at radius 2 is 2.06 bits per heavy atom. The Kier molecular flexibility index (Phi) is 4.38. The van der Waals surface area contributed by atoms with Crippen molar-refractivity contribution in [3.8, 4) is 0 Å². The molecule has 0 saturated heterocycles. The zero-order valence-corrected chi connectivity index (χ0v) is 10.8. The van der Waals surface area contributed by atoms with Crippen LogP contribution in [-0.4, -0.2) is 16.3 Å². The van der Waals surface area contributed by atoms with Gasteiger partial charge in [0.1, 0.15) is 0 Å². The number of aliphatic carboxylic acids is 1. The molecule has 1 aromatic carbocycles. The number of benzene rings is 1. The summed E-state index contributed by atoms with van der Waals surface area (Å²) >= 11 is 7.27. The van der Waals surface area contributed by atoms with Crippen molar-refractivity contribution in [3.05, 3.63) is 28.8 Å². The van der Waals surface area contributed by atoms with E-state index in [9.17, 15) is 13.6 Å². The summed E-state index contributed by atoms with van der Waals surface area (Å²) in [5.41, 5.74) is -0.608. The normalized spacial score (nSPS) is 11.9. The fraction of sp³-hybridized carbons (Fsp3) is 0.364. The molecule has 0 unspecified atom stereocenters. The summed E-state index contributed by atoms with van der Waals surface area (Å²) in [5, 5.41) is 8.81. The molecule has 0 atom stereocenters. The zero-order valence-electron chi connectivity index (χ0n) is 9.21. The first-order valence-corrected chi connectivity index (χ1v) is 6.08. The van der Waals surface area contributed by atoms with E-state index in [1.165, 1.54) is 17.8 Å². The van der Waals surface area contributed by atoms with Crippen molar-refractivity contribution in [1.29, 1.82) is 0 Å². The van der Waals surface area contributed by atoms with Crippen LogP contribution in [-0.2, 0) is 10.7 Å². The fourth-order valence-corrected chi connectivity index (χ4v) is 2.31. The molecular weight excluding hydrogens is 270 g/mol. The van der Waals surface area contributed by atoms with E-state index in [1.807, 2.05) is 13.8 Å². The molecule has 6 heteroatoms. The lowest BCUT2D eigenvalue weighted by Gasteiger charge is -2.13. The van der Waals surface area contributed by atoms with Gasteiger partial charge >= 0.3 is 11.9 Å². The minimum atomic E-state index is -3.91. The highest BCUT2D eigenvalue weighted by atomic mass is 35.5. The Morgan fingerprint density at radius 1 is 1.47 bits per heavy atom. The van der Waals surface area contributed by atoms with E-state index in [-0.39, 0.29) is 10.3 Å². The van der Waals surface area contributed by atoms with Crippen molar-refractivity contribution in [2.24, 2.45) is 0 Å². The lowest BCUT2D eigenvalue weighted by atomic mass is 10.1. The van der Waals surface area contributed by atoms with Crippen molar-refractivity contribution in [2.45, 2.75) is 29.9 Å². The van der Waals surface area contributed by atoms with Crippen LogP contribution in [0.2, 0.25) is 5.02 Å². The third-order valence-corrected chi connectivity index (χ3v) is 3.43. The molecule has 0 fully saturated rings. The molecule has 1 N–H and O–H groups in total. The largest absolute Gasteiger partial charge is 0.477 e. The van der Waals surface area contributed by atoms with Crippen LogP contribution in [0.3, 0.4) is 0 Å². The number of hydrogen-bond acceptors (Lipinski definition) is 2. The summed E-state index contributed by atoms with van der Waals surface area (Å²) in [6.07, 6.45) is 0. The molecule has 0 heterocycles. The fourth-order valence-electron chi connectivity index (χ4n) is 1.17. The van der Waals surface area contributed by atoms with Crippen molar-refractivity contribution in [2.75, 3.05) is 0 Å². The van der Waals surface area contributed by atoms with Crippen LogP contribution in [0.25, 0.3) is 0 Å². The molecule has 17 heavy (non-hydrogen) atoms. The minimum absolute atomic E-state index is 0.141. The van der Waals surface area contributed by atoms with Gasteiger partial charge in [0, 0.05) is 15.7 Å². The maximum atomic E-state index is 13.2. The molecule has 1 rings (SSSR count). The number of carboxylic acid groups (broad SMARTS) is 1. The zero-order chi connectivity index (χ0) is 13.2. The van der Waals surface area contributed by atoms with Gasteiger partial charge in [-0.1, -0.05) is 31.5 Å². The number of rotatable bonds is 4. The quantitative estimate of drug-likeness (QED) is 0.847. The van der Waals surface area contributed by atoms with Crippen molar-refractivity contribution < 1.29 is 18.7 Å². The van der Waals surface area contributed by atoms with E-state index < -0.39 is 17.5 Å². The number of hydrogen-bond donors (Lipinski definition) is 1. The Balaban J connectivity index is 3.08. The van der Waals surface area contributed by atoms with Crippen LogP contribution in [0.1, 0.15) is 19.4 Å². The molecular formula is C11H11ClF2O2S. The van der Waals surface area contributed by atoms with E-state index in [2.05, 4.69) is 0 Å². The summed E-state index contributed by atoms with van der Waals surface area (Å²) in [5.74, 6) is -6.09. The lowest BCUT2D eigenvalue weighted by molar-refractivity contribution is -0.166. The third-order valence-electron chi connectivity index (χ3n) is 1.93. The summed E-state index contributed by atoms with van der Waals surface area (Å²) < 4.78 is 26.4. The molecule has 94 valence electrons. The molecule has 1 aromatic rings. The molecule has 0 aromatic heterocycles. The van der Waals surface area contributed by atoms with E-state index in [4.69, 9.17) is 16.7 Å². The van der Waals surface area contributed by atoms with Gasteiger partial charge in [-0.05, 0) is 12.1 Å². The molecule has 0 bridgehead atoms. The topological polar surface area (TPSA) is 37.3 Å². The van der Waals surface area contributed by atoms with Crippen LogP contribution in [0, 0.1) is 0 Å². The van der Waals surface area contributed by atoms with Gasteiger partial charge in [0.2, 0.25) is 0 Å². The highest BCUT2D eigenvalue weighted by Gasteiger charge is 2.41. The van der Waals surface area contributed by atoms with Gasteiger partial charge in [-0.25, -0.2) is 4.79 Å². The third kappa shape index (κ3) is 3.33. The summed E-state index contributed by atoms with van der Waals surface area (Å²) in [7, 11) is 0. The Labute approximate surface area is 107 Å². The summed E-state index contributed by atoms with van der Waals surface area (Å²) in [6, 6.07) is 3.50. The average Bonchev–Trinajstić information content (AvgIpc) is 2.20. The second-order valence-corrected chi connectivity index (χ2v) is 5.72. The number of carboxylic acids is 1. The van der Waals surface area contributed by atoms with E-state index in [0.29, 0.717) is 4.90 Å². The second-order valence-electron chi connectivity index (χ2n) is 3.69. The molecule has 0 radical (unpaired) electrons. The number of halogens is 3. The monoisotopic (exact) mass is 280 g/mol. The van der Waals surface area contributed by atoms with Gasteiger partial charge in [-0.15, -0.1) is 11.8 Å². The standard InChI is InChI=1S/C11H11ClF2O2S/c1-6(2)17-9-4-3-7(5-8(9)12)11(13,14)10(15)16/h3-6H,1-2H3,(H,15,16). The first-order chi connectivity index (χ1) is 7.75. The minimum Gasteiger partial charge on any atom is -0.477 e. The number of thioether (sulfide) groups is 1. The second kappa shape index (κ2) is 5.23. The van der Waals surface area contributed by atoms with Crippen LogP contribution in [0.5, 0.6) is 0 Å².